The lowest BCUT2D eigenvalue weighted by molar-refractivity contribution is 0.00637. The number of anilines is 2. The molecule has 1 saturated heterocycles. The number of para-hydroxylation sites is 1. The van der Waals surface area contributed by atoms with Crippen molar-refractivity contribution >= 4 is 44.4 Å². The summed E-state index contributed by atoms with van der Waals surface area (Å²) in [5.41, 5.74) is 4.58. The first-order valence-corrected chi connectivity index (χ1v) is 16.9. The zero-order valence-electron chi connectivity index (χ0n) is 26.9. The lowest BCUT2D eigenvalue weighted by Gasteiger charge is -2.31. The van der Waals surface area contributed by atoms with Crippen molar-refractivity contribution < 1.29 is 19.1 Å². The average molecular weight is 651 g/mol. The molecule has 0 bridgehead atoms. The van der Waals surface area contributed by atoms with Crippen molar-refractivity contribution in [2.75, 3.05) is 30.0 Å². The minimum Gasteiger partial charge on any atom is -0.455 e. The van der Waals surface area contributed by atoms with Crippen LogP contribution in [0.3, 0.4) is 0 Å². The quantitative estimate of drug-likeness (QED) is 0.193. The Morgan fingerprint density at radius 3 is 2.68 bits per heavy atom. The molecule has 0 saturated carbocycles. The van der Waals surface area contributed by atoms with Gasteiger partial charge in [-0.05, 0) is 87.4 Å². The summed E-state index contributed by atoms with van der Waals surface area (Å²) >= 11 is 1.45. The molecular weight excluding hydrogens is 613 g/mol. The van der Waals surface area contributed by atoms with Crippen LogP contribution in [-0.4, -0.2) is 57.0 Å². The molecule has 47 heavy (non-hydrogen) atoms. The van der Waals surface area contributed by atoms with E-state index in [9.17, 15) is 9.59 Å². The van der Waals surface area contributed by atoms with Crippen LogP contribution in [0.1, 0.15) is 65.6 Å². The molecule has 1 amide bonds. The van der Waals surface area contributed by atoms with Gasteiger partial charge in [0.25, 0.3) is 5.91 Å². The molecule has 0 spiro atoms. The second kappa shape index (κ2) is 12.9. The predicted molar refractivity (Wildman–Crippen MR) is 183 cm³/mol. The Bertz CT molecular complexity index is 1900. The van der Waals surface area contributed by atoms with Gasteiger partial charge in [-0.2, -0.15) is 5.10 Å². The molecule has 5 heterocycles. The summed E-state index contributed by atoms with van der Waals surface area (Å²) in [5, 5.41) is 8.19. The fraction of sp³-hybridized carbons (Fsp3) is 0.361. The zero-order valence-corrected chi connectivity index (χ0v) is 27.7. The molecule has 0 radical (unpaired) electrons. The van der Waals surface area contributed by atoms with Gasteiger partial charge >= 0.3 is 5.97 Å². The second-order valence-corrected chi connectivity index (χ2v) is 14.2. The van der Waals surface area contributed by atoms with E-state index in [1.54, 1.807) is 6.20 Å². The Morgan fingerprint density at radius 2 is 1.87 bits per heavy atom. The van der Waals surface area contributed by atoms with Crippen LogP contribution in [0.2, 0.25) is 0 Å². The molecule has 0 aliphatic carbocycles. The average Bonchev–Trinajstić information content (AvgIpc) is 3.70. The standard InChI is InChI=1S/C36H38N6O4S/c1-36(2,3)46-34(44)32-26(25-19-37-42(21-25)20-23-14-17-45-18-15-23)11-12-31(39-32)41-16-13-24-7-6-8-27(28(24)22-41)33(43)40-35-38-29-9-4-5-10-30(29)47-35/h4-12,19,21,23H,13-18,20,22H2,1-3H3,(H,38,40,43). The van der Waals surface area contributed by atoms with Crippen LogP contribution in [0.5, 0.6) is 0 Å². The summed E-state index contributed by atoms with van der Waals surface area (Å²) < 4.78 is 14.3. The minimum atomic E-state index is -0.686. The van der Waals surface area contributed by atoms with E-state index in [4.69, 9.17) is 14.5 Å². The number of esters is 1. The summed E-state index contributed by atoms with van der Waals surface area (Å²) in [7, 11) is 0. The third-order valence-electron chi connectivity index (χ3n) is 8.56. The Hall–Kier alpha value is -4.61. The van der Waals surface area contributed by atoms with Crippen LogP contribution in [-0.2, 0) is 29.0 Å². The van der Waals surface area contributed by atoms with E-state index in [1.165, 1.54) is 11.3 Å². The highest BCUT2D eigenvalue weighted by Crippen LogP contribution is 2.32. The fourth-order valence-electron chi connectivity index (χ4n) is 6.22. The number of nitrogens with zero attached hydrogens (tertiary/aromatic N) is 5. The molecular formula is C36H38N6O4S. The van der Waals surface area contributed by atoms with Gasteiger partial charge in [-0.1, -0.05) is 35.6 Å². The van der Waals surface area contributed by atoms with Crippen LogP contribution >= 0.6 is 11.3 Å². The molecule has 7 rings (SSSR count). The third kappa shape index (κ3) is 6.91. The van der Waals surface area contributed by atoms with Crippen molar-refractivity contribution in [3.05, 3.63) is 89.4 Å². The molecule has 0 atom stereocenters. The lowest BCUT2D eigenvalue weighted by Crippen LogP contribution is -2.33. The number of benzene rings is 2. The number of pyridine rings is 1. The van der Waals surface area contributed by atoms with E-state index >= 15 is 0 Å². The van der Waals surface area contributed by atoms with Crippen molar-refractivity contribution in [3.8, 4) is 11.1 Å². The van der Waals surface area contributed by atoms with Crippen molar-refractivity contribution in [3.63, 3.8) is 0 Å². The zero-order chi connectivity index (χ0) is 32.5. The maximum absolute atomic E-state index is 13.6. The van der Waals surface area contributed by atoms with Crippen LogP contribution in [0, 0.1) is 5.92 Å². The maximum Gasteiger partial charge on any atom is 0.358 e. The summed E-state index contributed by atoms with van der Waals surface area (Å²) in [5.74, 6) is 0.479. The van der Waals surface area contributed by atoms with E-state index in [1.807, 2.05) is 80.2 Å². The monoisotopic (exact) mass is 650 g/mol. The van der Waals surface area contributed by atoms with Crippen LogP contribution < -0.4 is 10.2 Å². The Balaban J connectivity index is 1.16. The molecule has 2 aliphatic heterocycles. The number of hydrogen-bond acceptors (Lipinski definition) is 9. The van der Waals surface area contributed by atoms with Crippen LogP contribution in [0.15, 0.2) is 67.0 Å². The van der Waals surface area contributed by atoms with Crippen molar-refractivity contribution in [2.24, 2.45) is 5.92 Å². The van der Waals surface area contributed by atoms with E-state index in [0.29, 0.717) is 41.1 Å². The summed E-state index contributed by atoms with van der Waals surface area (Å²) in [6.07, 6.45) is 6.53. The van der Waals surface area contributed by atoms with Gasteiger partial charge in [0, 0.05) is 55.7 Å². The normalized spacial score (nSPS) is 15.4. The molecule has 3 aromatic heterocycles. The molecule has 2 aliphatic rings. The molecule has 10 nitrogen and oxygen atoms in total. The van der Waals surface area contributed by atoms with Crippen molar-refractivity contribution in [2.45, 2.75) is 58.7 Å². The highest BCUT2D eigenvalue weighted by atomic mass is 32.1. The first-order chi connectivity index (χ1) is 22.7. The van der Waals surface area contributed by atoms with Crippen molar-refractivity contribution in [1.82, 2.24) is 19.7 Å². The number of rotatable bonds is 7. The molecule has 2 aromatic carbocycles. The Kier molecular flexibility index (Phi) is 8.50. The highest BCUT2D eigenvalue weighted by molar-refractivity contribution is 7.22. The summed E-state index contributed by atoms with van der Waals surface area (Å²) in [4.78, 5) is 38.8. The number of carbonyl (C=O) groups excluding carboxylic acids is 2. The smallest absolute Gasteiger partial charge is 0.358 e. The molecule has 1 fully saturated rings. The summed E-state index contributed by atoms with van der Waals surface area (Å²) in [6, 6.07) is 17.6. The highest BCUT2D eigenvalue weighted by Gasteiger charge is 2.27. The van der Waals surface area contributed by atoms with Crippen LogP contribution in [0.25, 0.3) is 21.3 Å². The number of aromatic nitrogens is 4. The minimum absolute atomic E-state index is 0.196. The van der Waals surface area contributed by atoms with Crippen molar-refractivity contribution in [1.29, 1.82) is 0 Å². The maximum atomic E-state index is 13.6. The molecule has 5 aromatic rings. The topological polar surface area (TPSA) is 111 Å². The number of amides is 1. The Morgan fingerprint density at radius 1 is 1.04 bits per heavy atom. The largest absolute Gasteiger partial charge is 0.455 e. The first kappa shape index (κ1) is 31.0. The molecule has 242 valence electrons. The van der Waals surface area contributed by atoms with Gasteiger partial charge in [-0.25, -0.2) is 14.8 Å². The number of thiazole rings is 1. The SMILES string of the molecule is CC(C)(C)OC(=O)c1nc(N2CCc3cccc(C(=O)Nc4nc5ccccc5s4)c3C2)ccc1-c1cnn(CC2CCOCC2)c1. The van der Waals surface area contributed by atoms with Gasteiger partial charge in [0.15, 0.2) is 10.8 Å². The van der Waals surface area contributed by atoms with Gasteiger partial charge in [0.05, 0.1) is 16.4 Å². The lowest BCUT2D eigenvalue weighted by atomic mass is 9.94. The number of hydrogen-bond donors (Lipinski definition) is 1. The van der Waals surface area contributed by atoms with E-state index in [-0.39, 0.29) is 11.6 Å². The van der Waals surface area contributed by atoms with E-state index in [2.05, 4.69) is 26.4 Å². The van der Waals surface area contributed by atoms with E-state index < -0.39 is 11.6 Å². The molecule has 1 N–H and O–H groups in total. The van der Waals surface area contributed by atoms with Gasteiger partial charge in [-0.15, -0.1) is 0 Å². The van der Waals surface area contributed by atoms with E-state index in [0.717, 1.165) is 65.9 Å². The van der Waals surface area contributed by atoms with Gasteiger partial charge in [0.2, 0.25) is 0 Å². The predicted octanol–water partition coefficient (Wildman–Crippen LogP) is 6.75. The first-order valence-electron chi connectivity index (χ1n) is 16.1. The molecule has 11 heteroatoms. The number of nitrogens with one attached hydrogen (secondary N) is 1. The van der Waals surface area contributed by atoms with Gasteiger partial charge in [0.1, 0.15) is 11.4 Å². The second-order valence-electron chi connectivity index (χ2n) is 13.1. The van der Waals surface area contributed by atoms with Crippen LogP contribution in [0.4, 0.5) is 10.9 Å². The number of ether oxygens (including phenoxy) is 2. The van der Waals surface area contributed by atoms with Gasteiger partial charge in [-0.3, -0.25) is 14.8 Å². The summed E-state index contributed by atoms with van der Waals surface area (Å²) in [6.45, 7) is 9.08. The Labute approximate surface area is 277 Å². The van der Waals surface area contributed by atoms with Gasteiger partial charge < -0.3 is 14.4 Å². The fourth-order valence-corrected chi connectivity index (χ4v) is 7.08. The number of carbonyl (C=O) groups is 2. The third-order valence-corrected chi connectivity index (χ3v) is 9.51. The number of fused-ring (bicyclic) bond motifs is 2. The molecule has 0 unspecified atom stereocenters.